The highest BCUT2D eigenvalue weighted by molar-refractivity contribution is 5.44. The van der Waals surface area contributed by atoms with Crippen LogP contribution < -0.4 is 9.47 Å². The molecule has 1 aromatic carbocycles. The number of nitrogens with zero attached hydrogens (tertiary/aromatic N) is 1. The number of pyridine rings is 1. The summed E-state index contributed by atoms with van der Waals surface area (Å²) in [7, 11) is 3.21. The number of aromatic nitrogens is 1. The van der Waals surface area contributed by atoms with Gasteiger partial charge in [0.1, 0.15) is 0 Å². The first kappa shape index (κ1) is 14.3. The van der Waals surface area contributed by atoms with Gasteiger partial charge in [0.15, 0.2) is 11.5 Å². The van der Waals surface area contributed by atoms with Crippen molar-refractivity contribution in [1.82, 2.24) is 4.98 Å². The third-order valence-electron chi connectivity index (χ3n) is 3.28. The second-order valence-electron chi connectivity index (χ2n) is 4.52. The second-order valence-corrected chi connectivity index (χ2v) is 4.52. The van der Waals surface area contributed by atoms with Crippen molar-refractivity contribution in [2.45, 2.75) is 12.3 Å². The molecule has 4 heteroatoms. The van der Waals surface area contributed by atoms with Gasteiger partial charge in [0.2, 0.25) is 0 Å². The van der Waals surface area contributed by atoms with Crippen molar-refractivity contribution in [3.63, 3.8) is 0 Å². The Morgan fingerprint density at radius 2 is 1.90 bits per heavy atom. The number of hydrogen-bond acceptors (Lipinski definition) is 4. The van der Waals surface area contributed by atoms with Gasteiger partial charge < -0.3 is 14.6 Å². The first-order chi connectivity index (χ1) is 9.78. The zero-order chi connectivity index (χ0) is 14.4. The molecular formula is C16H19NO3. The van der Waals surface area contributed by atoms with Crippen molar-refractivity contribution in [2.75, 3.05) is 20.8 Å². The number of rotatable bonds is 6. The Hall–Kier alpha value is -2.07. The summed E-state index contributed by atoms with van der Waals surface area (Å²) in [6.07, 6.45) is 2.45. The average molecular weight is 273 g/mol. The third-order valence-corrected chi connectivity index (χ3v) is 3.28. The Morgan fingerprint density at radius 3 is 2.50 bits per heavy atom. The molecule has 1 aromatic heterocycles. The molecule has 0 spiro atoms. The van der Waals surface area contributed by atoms with Crippen LogP contribution in [0.25, 0.3) is 0 Å². The minimum atomic E-state index is -0.00953. The van der Waals surface area contributed by atoms with Gasteiger partial charge in [0.05, 0.1) is 20.8 Å². The van der Waals surface area contributed by atoms with Crippen LogP contribution in [0.1, 0.15) is 17.2 Å². The molecule has 1 N–H and O–H groups in total. The van der Waals surface area contributed by atoms with Crippen LogP contribution in [0.4, 0.5) is 0 Å². The van der Waals surface area contributed by atoms with Gasteiger partial charge in [-0.1, -0.05) is 12.1 Å². The van der Waals surface area contributed by atoms with Crippen LogP contribution in [0.3, 0.4) is 0 Å². The van der Waals surface area contributed by atoms with Crippen LogP contribution >= 0.6 is 0 Å². The van der Waals surface area contributed by atoms with Gasteiger partial charge in [0.25, 0.3) is 0 Å². The molecule has 4 nitrogen and oxygen atoms in total. The molecular weight excluding hydrogens is 254 g/mol. The number of ether oxygens (including phenoxy) is 2. The number of benzene rings is 1. The number of aliphatic hydroxyl groups is 1. The summed E-state index contributed by atoms with van der Waals surface area (Å²) < 4.78 is 10.5. The number of methoxy groups -OCH3 is 2. The van der Waals surface area contributed by atoms with Crippen LogP contribution in [0.15, 0.2) is 42.6 Å². The molecule has 2 rings (SSSR count). The maximum Gasteiger partial charge on any atom is 0.160 e. The molecule has 0 radical (unpaired) electrons. The molecule has 1 atom stereocenters. The molecule has 1 unspecified atom stereocenters. The van der Waals surface area contributed by atoms with Gasteiger partial charge >= 0.3 is 0 Å². The lowest BCUT2D eigenvalue weighted by Crippen LogP contribution is -2.09. The maximum atomic E-state index is 9.63. The molecule has 20 heavy (non-hydrogen) atoms. The van der Waals surface area contributed by atoms with Crippen molar-refractivity contribution < 1.29 is 14.6 Å². The molecule has 0 bridgehead atoms. The fourth-order valence-electron chi connectivity index (χ4n) is 2.17. The summed E-state index contributed by atoms with van der Waals surface area (Å²) in [5, 5.41) is 9.63. The average Bonchev–Trinajstić information content (AvgIpc) is 2.53. The van der Waals surface area contributed by atoms with E-state index in [2.05, 4.69) is 4.98 Å². The fourth-order valence-corrected chi connectivity index (χ4v) is 2.17. The summed E-state index contributed by atoms with van der Waals surface area (Å²) in [5.41, 5.74) is 1.97. The lowest BCUT2D eigenvalue weighted by Gasteiger charge is -2.16. The van der Waals surface area contributed by atoms with Crippen LogP contribution in [-0.2, 0) is 6.42 Å². The normalized spacial score (nSPS) is 11.9. The Labute approximate surface area is 119 Å². The second kappa shape index (κ2) is 6.91. The van der Waals surface area contributed by atoms with Crippen molar-refractivity contribution in [1.29, 1.82) is 0 Å². The highest BCUT2D eigenvalue weighted by atomic mass is 16.5. The Bertz CT molecular complexity index is 543. The molecule has 0 saturated heterocycles. The standard InChI is InChI=1S/C16H19NO3/c1-19-15-7-6-12(10-16(15)20-2)13(11-18)9-14-5-3-4-8-17-14/h3-8,10,13,18H,9,11H2,1-2H3. The van der Waals surface area contributed by atoms with E-state index in [9.17, 15) is 5.11 Å². The predicted molar refractivity (Wildman–Crippen MR) is 77.3 cm³/mol. The van der Waals surface area contributed by atoms with E-state index in [1.54, 1.807) is 20.4 Å². The monoisotopic (exact) mass is 273 g/mol. The van der Waals surface area contributed by atoms with E-state index in [1.165, 1.54) is 0 Å². The first-order valence-corrected chi connectivity index (χ1v) is 6.51. The van der Waals surface area contributed by atoms with E-state index >= 15 is 0 Å². The van der Waals surface area contributed by atoms with Crippen molar-refractivity contribution in [3.05, 3.63) is 53.9 Å². The highest BCUT2D eigenvalue weighted by Crippen LogP contribution is 2.31. The zero-order valence-corrected chi connectivity index (χ0v) is 11.7. The molecule has 106 valence electrons. The Balaban J connectivity index is 2.23. The van der Waals surface area contributed by atoms with Gasteiger partial charge in [-0.15, -0.1) is 0 Å². The molecule has 0 amide bonds. The Kier molecular flexibility index (Phi) is 4.96. The zero-order valence-electron chi connectivity index (χ0n) is 11.7. The summed E-state index contributed by atoms with van der Waals surface area (Å²) >= 11 is 0. The molecule has 2 aromatic rings. The molecule has 0 aliphatic heterocycles. The summed E-state index contributed by atoms with van der Waals surface area (Å²) in [6, 6.07) is 11.5. The summed E-state index contributed by atoms with van der Waals surface area (Å²) in [5.74, 6) is 1.35. The van der Waals surface area contributed by atoms with Crippen LogP contribution in [0, 0.1) is 0 Å². The lowest BCUT2D eigenvalue weighted by molar-refractivity contribution is 0.263. The molecule has 0 aliphatic carbocycles. The molecule has 0 saturated carbocycles. The maximum absolute atomic E-state index is 9.63. The van der Waals surface area contributed by atoms with E-state index in [1.807, 2.05) is 36.4 Å². The predicted octanol–water partition coefficient (Wildman–Crippen LogP) is 2.42. The first-order valence-electron chi connectivity index (χ1n) is 6.51. The summed E-state index contributed by atoms with van der Waals surface area (Å²) in [6.45, 7) is 0.0616. The lowest BCUT2D eigenvalue weighted by atomic mass is 9.94. The van der Waals surface area contributed by atoms with Gasteiger partial charge in [-0.05, 0) is 36.2 Å². The van der Waals surface area contributed by atoms with E-state index in [0.29, 0.717) is 17.9 Å². The fraction of sp³-hybridized carbons (Fsp3) is 0.312. The quantitative estimate of drug-likeness (QED) is 0.878. The largest absolute Gasteiger partial charge is 0.493 e. The SMILES string of the molecule is COc1ccc(C(CO)Cc2ccccn2)cc1OC. The minimum absolute atomic E-state index is 0.00953. The highest BCUT2D eigenvalue weighted by Gasteiger charge is 2.15. The molecule has 0 aliphatic rings. The topological polar surface area (TPSA) is 51.6 Å². The van der Waals surface area contributed by atoms with E-state index in [4.69, 9.17) is 9.47 Å². The van der Waals surface area contributed by atoms with Crippen LogP contribution in [-0.4, -0.2) is 30.9 Å². The van der Waals surface area contributed by atoms with Crippen LogP contribution in [0.5, 0.6) is 11.5 Å². The summed E-state index contributed by atoms with van der Waals surface area (Å²) in [4.78, 5) is 4.30. The Morgan fingerprint density at radius 1 is 1.10 bits per heavy atom. The smallest absolute Gasteiger partial charge is 0.160 e. The van der Waals surface area contributed by atoms with Gasteiger partial charge in [-0.3, -0.25) is 4.98 Å². The molecule has 1 heterocycles. The van der Waals surface area contributed by atoms with E-state index < -0.39 is 0 Å². The van der Waals surface area contributed by atoms with Crippen LogP contribution in [0.2, 0.25) is 0 Å². The van der Waals surface area contributed by atoms with Crippen molar-refractivity contribution in [3.8, 4) is 11.5 Å². The number of aliphatic hydroxyl groups excluding tert-OH is 1. The third kappa shape index (κ3) is 3.27. The molecule has 0 fully saturated rings. The van der Waals surface area contributed by atoms with Gasteiger partial charge in [-0.25, -0.2) is 0 Å². The van der Waals surface area contributed by atoms with Crippen molar-refractivity contribution >= 4 is 0 Å². The van der Waals surface area contributed by atoms with Gasteiger partial charge in [0, 0.05) is 17.8 Å². The van der Waals surface area contributed by atoms with Gasteiger partial charge in [-0.2, -0.15) is 0 Å². The minimum Gasteiger partial charge on any atom is -0.493 e. The van der Waals surface area contributed by atoms with E-state index in [-0.39, 0.29) is 12.5 Å². The number of hydrogen-bond donors (Lipinski definition) is 1. The van der Waals surface area contributed by atoms with E-state index in [0.717, 1.165) is 11.3 Å². The van der Waals surface area contributed by atoms with Crippen molar-refractivity contribution in [2.24, 2.45) is 0 Å².